The Balaban J connectivity index is 2.23. The van der Waals surface area contributed by atoms with E-state index >= 15 is 0 Å². The van der Waals surface area contributed by atoms with Crippen LogP contribution >= 0.6 is 7.92 Å². The van der Waals surface area contributed by atoms with Gasteiger partial charge in [0.1, 0.15) is 5.75 Å². The van der Waals surface area contributed by atoms with Crippen LogP contribution in [0.15, 0.2) is 90.8 Å². The van der Waals surface area contributed by atoms with E-state index < -0.39 is 7.92 Å². The smallest absolute Gasteiger partial charge is 0.118 e. The van der Waals surface area contributed by atoms with Gasteiger partial charge in [0.15, 0.2) is 0 Å². The highest BCUT2D eigenvalue weighted by atomic mass is 31.1. The van der Waals surface area contributed by atoms with Crippen LogP contribution in [-0.4, -0.2) is 7.11 Å². The molecule has 0 saturated heterocycles. The Bertz CT molecular complexity index is 654. The molecule has 0 aromatic heterocycles. The van der Waals surface area contributed by atoms with Crippen LogP contribution in [0, 0.1) is 0 Å². The summed E-state index contributed by atoms with van der Waals surface area (Å²) in [6.45, 7) is 2.14. The maximum Gasteiger partial charge on any atom is 0.118 e. The SMILES string of the molecule is CC\C=C/C=C\C=C\P(c1ccccc1)c1ccc(OC)cc1. The van der Waals surface area contributed by atoms with Crippen LogP contribution in [0.5, 0.6) is 5.75 Å². The predicted octanol–water partition coefficient (Wildman–Crippen LogP) is 5.16. The van der Waals surface area contributed by atoms with Crippen molar-refractivity contribution in [3.05, 3.63) is 90.8 Å². The standard InChI is InChI=1S/C21H23OP/c1-3-4-5-6-7-11-18-23(20-12-9-8-10-13-20)21-16-14-19(22-2)15-17-21/h4-18H,3H2,1-2H3/b5-4-,7-6-,18-11+. The Hall–Kier alpha value is -2.11. The van der Waals surface area contributed by atoms with E-state index in [0.29, 0.717) is 0 Å². The van der Waals surface area contributed by atoms with Crippen molar-refractivity contribution in [2.24, 2.45) is 0 Å². The molecule has 0 radical (unpaired) electrons. The first-order chi connectivity index (χ1) is 11.3. The van der Waals surface area contributed by atoms with Crippen LogP contribution in [-0.2, 0) is 0 Å². The number of methoxy groups -OCH3 is 1. The predicted molar refractivity (Wildman–Crippen MR) is 103 cm³/mol. The zero-order valence-electron chi connectivity index (χ0n) is 13.7. The zero-order chi connectivity index (χ0) is 16.3. The lowest BCUT2D eigenvalue weighted by Gasteiger charge is -2.14. The molecule has 0 heterocycles. The van der Waals surface area contributed by atoms with Crippen molar-refractivity contribution in [3.8, 4) is 5.75 Å². The Labute approximate surface area is 140 Å². The summed E-state index contributed by atoms with van der Waals surface area (Å²) in [4.78, 5) is 0. The third kappa shape index (κ3) is 5.54. The fraction of sp³-hybridized carbons (Fsp3) is 0.143. The molecular weight excluding hydrogens is 299 g/mol. The molecule has 0 bridgehead atoms. The van der Waals surface area contributed by atoms with E-state index in [1.807, 2.05) is 12.1 Å². The second-order valence-electron chi connectivity index (χ2n) is 4.97. The largest absolute Gasteiger partial charge is 0.497 e. The summed E-state index contributed by atoms with van der Waals surface area (Å²) < 4.78 is 5.26. The molecule has 1 atom stereocenters. The highest BCUT2D eigenvalue weighted by Gasteiger charge is 2.09. The third-order valence-electron chi connectivity index (χ3n) is 3.33. The molecule has 23 heavy (non-hydrogen) atoms. The molecule has 2 aromatic carbocycles. The lowest BCUT2D eigenvalue weighted by molar-refractivity contribution is 0.415. The average molecular weight is 322 g/mol. The zero-order valence-corrected chi connectivity index (χ0v) is 14.6. The van der Waals surface area contributed by atoms with E-state index in [-0.39, 0.29) is 0 Å². The lowest BCUT2D eigenvalue weighted by atomic mass is 10.3. The number of ether oxygens (including phenoxy) is 1. The minimum absolute atomic E-state index is 0.504. The third-order valence-corrected chi connectivity index (χ3v) is 5.50. The van der Waals surface area contributed by atoms with Crippen molar-refractivity contribution in [3.63, 3.8) is 0 Å². The van der Waals surface area contributed by atoms with E-state index in [2.05, 4.69) is 85.6 Å². The Morgan fingerprint density at radius 2 is 1.48 bits per heavy atom. The van der Waals surface area contributed by atoms with E-state index in [1.54, 1.807) is 7.11 Å². The van der Waals surface area contributed by atoms with Gasteiger partial charge in [0.25, 0.3) is 0 Å². The van der Waals surface area contributed by atoms with E-state index in [1.165, 1.54) is 10.6 Å². The van der Waals surface area contributed by atoms with E-state index in [9.17, 15) is 0 Å². The van der Waals surface area contributed by atoms with Crippen LogP contribution in [0.25, 0.3) is 0 Å². The molecule has 0 aliphatic heterocycles. The minimum Gasteiger partial charge on any atom is -0.497 e. The van der Waals surface area contributed by atoms with Crippen molar-refractivity contribution in [2.75, 3.05) is 7.11 Å². The van der Waals surface area contributed by atoms with Gasteiger partial charge in [-0.25, -0.2) is 0 Å². The van der Waals surface area contributed by atoms with Gasteiger partial charge in [0, 0.05) is 0 Å². The van der Waals surface area contributed by atoms with Crippen LogP contribution in [0.1, 0.15) is 13.3 Å². The Kier molecular flexibility index (Phi) is 7.36. The number of hydrogen-bond acceptors (Lipinski definition) is 1. The van der Waals surface area contributed by atoms with Gasteiger partial charge in [-0.1, -0.05) is 85.6 Å². The van der Waals surface area contributed by atoms with Gasteiger partial charge in [-0.05, 0) is 37.1 Å². The maximum atomic E-state index is 5.26. The van der Waals surface area contributed by atoms with Crippen molar-refractivity contribution in [1.82, 2.24) is 0 Å². The van der Waals surface area contributed by atoms with Gasteiger partial charge in [0.2, 0.25) is 0 Å². The molecule has 2 rings (SSSR count). The molecule has 0 spiro atoms. The molecule has 0 N–H and O–H groups in total. The monoisotopic (exact) mass is 322 g/mol. The molecule has 0 aliphatic carbocycles. The van der Waals surface area contributed by atoms with E-state index in [4.69, 9.17) is 4.74 Å². The second kappa shape index (κ2) is 9.82. The fourth-order valence-corrected chi connectivity index (χ4v) is 4.01. The summed E-state index contributed by atoms with van der Waals surface area (Å²) in [7, 11) is 1.19. The summed E-state index contributed by atoms with van der Waals surface area (Å²) in [5.74, 6) is 3.19. The first kappa shape index (κ1) is 17.2. The van der Waals surface area contributed by atoms with Gasteiger partial charge in [-0.15, -0.1) is 0 Å². The average Bonchev–Trinajstić information content (AvgIpc) is 2.62. The fourth-order valence-electron chi connectivity index (χ4n) is 2.13. The first-order valence-electron chi connectivity index (χ1n) is 7.83. The summed E-state index contributed by atoms with van der Waals surface area (Å²) in [6, 6.07) is 19.0. The maximum absolute atomic E-state index is 5.26. The number of benzene rings is 2. The quantitative estimate of drug-likeness (QED) is 0.505. The topological polar surface area (TPSA) is 9.23 Å². The van der Waals surface area contributed by atoms with Crippen molar-refractivity contribution in [1.29, 1.82) is 0 Å². The summed E-state index contributed by atoms with van der Waals surface area (Å²) >= 11 is 0. The van der Waals surface area contributed by atoms with Crippen LogP contribution in [0.2, 0.25) is 0 Å². The van der Waals surface area contributed by atoms with Crippen LogP contribution in [0.4, 0.5) is 0 Å². The van der Waals surface area contributed by atoms with Gasteiger partial charge < -0.3 is 4.74 Å². The molecule has 0 saturated carbocycles. The molecule has 0 aliphatic rings. The summed E-state index contributed by atoms with van der Waals surface area (Å²) in [6.07, 6.45) is 11.6. The minimum atomic E-state index is -0.504. The van der Waals surface area contributed by atoms with Gasteiger partial charge in [-0.2, -0.15) is 0 Å². The summed E-state index contributed by atoms with van der Waals surface area (Å²) in [5.41, 5.74) is 0. The van der Waals surface area contributed by atoms with Crippen LogP contribution < -0.4 is 15.3 Å². The molecule has 2 heteroatoms. The lowest BCUT2D eigenvalue weighted by Crippen LogP contribution is -2.09. The van der Waals surface area contributed by atoms with Gasteiger partial charge in [0.05, 0.1) is 7.11 Å². The van der Waals surface area contributed by atoms with Crippen LogP contribution in [0.3, 0.4) is 0 Å². The first-order valence-corrected chi connectivity index (χ1v) is 9.24. The second-order valence-corrected chi connectivity index (χ2v) is 7.04. The molecular formula is C21H23OP. The Morgan fingerprint density at radius 3 is 2.13 bits per heavy atom. The summed E-state index contributed by atoms with van der Waals surface area (Å²) in [5, 5.41) is 2.67. The molecule has 1 unspecified atom stereocenters. The normalized spacial score (nSPS) is 13.1. The highest BCUT2D eigenvalue weighted by Crippen LogP contribution is 2.35. The molecule has 2 aromatic rings. The Morgan fingerprint density at radius 1 is 0.826 bits per heavy atom. The van der Waals surface area contributed by atoms with Crippen molar-refractivity contribution < 1.29 is 4.74 Å². The molecule has 1 nitrogen and oxygen atoms in total. The van der Waals surface area contributed by atoms with Gasteiger partial charge in [-0.3, -0.25) is 0 Å². The number of hydrogen-bond donors (Lipinski definition) is 0. The number of rotatable bonds is 7. The van der Waals surface area contributed by atoms with Gasteiger partial charge >= 0.3 is 0 Å². The molecule has 0 fully saturated rings. The van der Waals surface area contributed by atoms with Crippen molar-refractivity contribution in [2.45, 2.75) is 13.3 Å². The molecule has 0 amide bonds. The highest BCUT2D eigenvalue weighted by molar-refractivity contribution is 7.75. The van der Waals surface area contributed by atoms with Crippen molar-refractivity contribution >= 4 is 18.5 Å². The van der Waals surface area contributed by atoms with E-state index in [0.717, 1.165) is 12.2 Å². The number of allylic oxidation sites excluding steroid dienone is 5. The molecule has 118 valence electrons.